The molecule has 0 bridgehead atoms. The van der Waals surface area contributed by atoms with Crippen LogP contribution in [0.15, 0.2) is 24.9 Å². The molecule has 1 unspecified atom stereocenters. The molecule has 0 aromatic rings. The predicted molar refractivity (Wildman–Crippen MR) is 56.0 cm³/mol. The summed E-state index contributed by atoms with van der Waals surface area (Å²) in [5.74, 6) is 1.18. The van der Waals surface area contributed by atoms with E-state index in [2.05, 4.69) is 31.9 Å². The van der Waals surface area contributed by atoms with Crippen molar-refractivity contribution in [1.82, 2.24) is 4.90 Å². The maximum atomic E-state index is 4.07. The fourth-order valence-corrected chi connectivity index (χ4v) is 1.30. The molecule has 0 aliphatic heterocycles. The van der Waals surface area contributed by atoms with Crippen molar-refractivity contribution in [3.63, 3.8) is 0 Å². The first-order chi connectivity index (χ1) is 5.50. The molecule has 1 atom stereocenters. The smallest absolute Gasteiger partial charge is 0.00917 e. The van der Waals surface area contributed by atoms with Crippen LogP contribution in [0, 0.1) is 11.8 Å². The van der Waals surface area contributed by atoms with Crippen LogP contribution in [0.1, 0.15) is 20.3 Å². The first-order valence-corrected chi connectivity index (χ1v) is 4.47. The van der Waals surface area contributed by atoms with Crippen LogP contribution in [0.5, 0.6) is 0 Å². The molecule has 0 aliphatic carbocycles. The second kappa shape index (κ2) is 5.02. The van der Waals surface area contributed by atoms with E-state index in [1.54, 1.807) is 0 Å². The van der Waals surface area contributed by atoms with E-state index in [-0.39, 0.29) is 0 Å². The molecule has 0 saturated heterocycles. The Morgan fingerprint density at radius 2 is 1.92 bits per heavy atom. The van der Waals surface area contributed by atoms with E-state index in [1.165, 1.54) is 5.70 Å². The molecule has 0 rings (SSSR count). The van der Waals surface area contributed by atoms with Crippen molar-refractivity contribution >= 4 is 0 Å². The summed E-state index contributed by atoms with van der Waals surface area (Å²) in [5.41, 5.74) is 1.20. The van der Waals surface area contributed by atoms with Gasteiger partial charge in [-0.3, -0.25) is 0 Å². The van der Waals surface area contributed by atoms with Gasteiger partial charge in [0.05, 0.1) is 0 Å². The highest BCUT2D eigenvalue weighted by Crippen LogP contribution is 2.24. The van der Waals surface area contributed by atoms with Crippen LogP contribution in [-0.2, 0) is 0 Å². The number of hydrogen-bond donors (Lipinski definition) is 0. The van der Waals surface area contributed by atoms with Gasteiger partial charge < -0.3 is 4.90 Å². The maximum Gasteiger partial charge on any atom is 0.00917 e. The number of nitrogens with zero attached hydrogens (tertiary/aromatic N) is 1. The van der Waals surface area contributed by atoms with E-state index >= 15 is 0 Å². The summed E-state index contributed by atoms with van der Waals surface area (Å²) in [4.78, 5) is 2.09. The number of allylic oxidation sites excluding steroid dienone is 2. The van der Waals surface area contributed by atoms with Gasteiger partial charge in [-0.15, -0.1) is 6.58 Å². The average molecular weight is 167 g/mol. The van der Waals surface area contributed by atoms with Gasteiger partial charge in [0.25, 0.3) is 0 Å². The predicted octanol–water partition coefficient (Wildman–Crippen LogP) is 2.91. The average Bonchev–Trinajstić information content (AvgIpc) is 1.98. The Balaban J connectivity index is 4.29. The standard InChI is InChI=1S/C11H21N/c1-7-8-11(9(2)3)10(4)12(5)6/h7,9,11H,1,4,8H2,2-3,5-6H3. The third-order valence-corrected chi connectivity index (χ3v) is 2.23. The molecule has 0 heterocycles. The van der Waals surface area contributed by atoms with Crippen molar-refractivity contribution in [3.05, 3.63) is 24.9 Å². The third-order valence-electron chi connectivity index (χ3n) is 2.23. The van der Waals surface area contributed by atoms with Crippen molar-refractivity contribution in [2.24, 2.45) is 11.8 Å². The molecule has 0 N–H and O–H groups in total. The second-order valence-corrected chi connectivity index (χ2v) is 3.76. The van der Waals surface area contributed by atoms with Crippen molar-refractivity contribution in [2.75, 3.05) is 14.1 Å². The third kappa shape index (κ3) is 3.12. The number of hydrogen-bond acceptors (Lipinski definition) is 1. The van der Waals surface area contributed by atoms with Gasteiger partial charge in [0, 0.05) is 25.7 Å². The molecule has 12 heavy (non-hydrogen) atoms. The molecule has 0 aliphatic rings. The van der Waals surface area contributed by atoms with Crippen LogP contribution in [0.4, 0.5) is 0 Å². The molecule has 0 aromatic heterocycles. The minimum Gasteiger partial charge on any atom is -0.381 e. The minimum atomic E-state index is 0.539. The SMILES string of the molecule is C=CCC(C(=C)N(C)C)C(C)C. The summed E-state index contributed by atoms with van der Waals surface area (Å²) in [6.07, 6.45) is 2.99. The molecule has 0 aromatic carbocycles. The quantitative estimate of drug-likeness (QED) is 0.569. The monoisotopic (exact) mass is 167 g/mol. The fraction of sp³-hybridized carbons (Fsp3) is 0.636. The first kappa shape index (κ1) is 11.3. The van der Waals surface area contributed by atoms with Gasteiger partial charge in [-0.2, -0.15) is 0 Å². The number of rotatable bonds is 5. The highest BCUT2D eigenvalue weighted by atomic mass is 15.1. The zero-order chi connectivity index (χ0) is 9.72. The molecular formula is C11H21N. The Morgan fingerprint density at radius 3 is 2.17 bits per heavy atom. The van der Waals surface area contributed by atoms with Gasteiger partial charge in [0.2, 0.25) is 0 Å². The Bertz CT molecular complexity index is 156. The van der Waals surface area contributed by atoms with Gasteiger partial charge >= 0.3 is 0 Å². The fourth-order valence-electron chi connectivity index (χ4n) is 1.30. The topological polar surface area (TPSA) is 3.24 Å². The van der Waals surface area contributed by atoms with Crippen LogP contribution in [0.25, 0.3) is 0 Å². The van der Waals surface area contributed by atoms with E-state index < -0.39 is 0 Å². The highest BCUT2D eigenvalue weighted by molar-refractivity contribution is 5.01. The normalized spacial score (nSPS) is 12.8. The van der Waals surface area contributed by atoms with Crippen LogP contribution >= 0.6 is 0 Å². The Labute approximate surface area is 76.8 Å². The first-order valence-electron chi connectivity index (χ1n) is 4.47. The molecule has 0 saturated carbocycles. The van der Waals surface area contributed by atoms with E-state index in [9.17, 15) is 0 Å². The summed E-state index contributed by atoms with van der Waals surface area (Å²) in [6, 6.07) is 0. The summed E-state index contributed by atoms with van der Waals surface area (Å²) in [5, 5.41) is 0. The zero-order valence-electron chi connectivity index (χ0n) is 8.80. The lowest BCUT2D eigenvalue weighted by molar-refractivity contribution is 0.349. The Kier molecular flexibility index (Phi) is 4.72. The van der Waals surface area contributed by atoms with Crippen molar-refractivity contribution < 1.29 is 0 Å². The van der Waals surface area contributed by atoms with Gasteiger partial charge in [0.15, 0.2) is 0 Å². The van der Waals surface area contributed by atoms with Crippen molar-refractivity contribution in [3.8, 4) is 0 Å². The summed E-state index contributed by atoms with van der Waals surface area (Å²) in [6.45, 7) is 12.3. The van der Waals surface area contributed by atoms with Crippen LogP contribution in [0.3, 0.4) is 0 Å². The van der Waals surface area contributed by atoms with E-state index in [0.29, 0.717) is 11.8 Å². The summed E-state index contributed by atoms with van der Waals surface area (Å²) < 4.78 is 0. The second-order valence-electron chi connectivity index (χ2n) is 3.76. The zero-order valence-corrected chi connectivity index (χ0v) is 8.80. The van der Waals surface area contributed by atoms with Crippen molar-refractivity contribution in [1.29, 1.82) is 0 Å². The van der Waals surface area contributed by atoms with Gasteiger partial charge in [0.1, 0.15) is 0 Å². The molecule has 0 amide bonds. The molecule has 1 nitrogen and oxygen atoms in total. The van der Waals surface area contributed by atoms with Gasteiger partial charge in [-0.05, 0) is 12.3 Å². The molecule has 70 valence electrons. The Hall–Kier alpha value is -0.720. The Morgan fingerprint density at radius 1 is 1.42 bits per heavy atom. The highest BCUT2D eigenvalue weighted by Gasteiger charge is 2.16. The largest absolute Gasteiger partial charge is 0.381 e. The molecule has 1 heteroatoms. The molecule has 0 spiro atoms. The van der Waals surface area contributed by atoms with Crippen LogP contribution < -0.4 is 0 Å². The minimum absolute atomic E-state index is 0.539. The van der Waals surface area contributed by atoms with E-state index in [1.807, 2.05) is 20.2 Å². The lowest BCUT2D eigenvalue weighted by atomic mass is 9.89. The maximum absolute atomic E-state index is 4.07. The summed E-state index contributed by atoms with van der Waals surface area (Å²) >= 11 is 0. The molecular weight excluding hydrogens is 146 g/mol. The lowest BCUT2D eigenvalue weighted by Crippen LogP contribution is -2.21. The van der Waals surface area contributed by atoms with Gasteiger partial charge in [-0.25, -0.2) is 0 Å². The van der Waals surface area contributed by atoms with Gasteiger partial charge in [-0.1, -0.05) is 26.5 Å². The van der Waals surface area contributed by atoms with Crippen molar-refractivity contribution in [2.45, 2.75) is 20.3 Å². The van der Waals surface area contributed by atoms with Crippen LogP contribution in [0.2, 0.25) is 0 Å². The van der Waals surface area contributed by atoms with E-state index in [4.69, 9.17) is 0 Å². The lowest BCUT2D eigenvalue weighted by Gasteiger charge is -2.27. The van der Waals surface area contributed by atoms with E-state index in [0.717, 1.165) is 6.42 Å². The summed E-state index contributed by atoms with van der Waals surface area (Å²) in [7, 11) is 4.08. The van der Waals surface area contributed by atoms with Crippen LogP contribution in [-0.4, -0.2) is 19.0 Å². The molecule has 0 fully saturated rings. The molecule has 0 radical (unpaired) electrons.